The standard InChI is InChI=1S/C26H28N4O5/c31-25(19-8-10-30(11-9-19)21-6-7-23-24(13-21)35-17-34-23)28-22(26(32)33)12-20-15-29(16-27-20)14-18-4-2-1-3-5-18/h1-7,13,15-16,19,22H,8-12,14,17H2,(H,28,31)(H,32,33). The Kier molecular flexibility index (Phi) is 6.56. The lowest BCUT2D eigenvalue weighted by molar-refractivity contribution is -0.142. The summed E-state index contributed by atoms with van der Waals surface area (Å²) in [5.41, 5.74) is 2.79. The first-order valence-electron chi connectivity index (χ1n) is 11.8. The predicted octanol–water partition coefficient (Wildman–Crippen LogP) is 2.69. The number of carboxylic acids is 1. The highest BCUT2D eigenvalue weighted by atomic mass is 16.7. The smallest absolute Gasteiger partial charge is 0.326 e. The predicted molar refractivity (Wildman–Crippen MR) is 129 cm³/mol. The van der Waals surface area contributed by atoms with Crippen LogP contribution in [0.5, 0.6) is 11.5 Å². The SMILES string of the molecule is O=C(NC(Cc1cn(Cc2ccccc2)cn1)C(=O)O)C1CCN(c2ccc3c(c2)OCO3)CC1. The van der Waals surface area contributed by atoms with Crippen molar-refractivity contribution >= 4 is 17.6 Å². The molecule has 1 atom stereocenters. The monoisotopic (exact) mass is 476 g/mol. The lowest BCUT2D eigenvalue weighted by Crippen LogP contribution is -2.47. The summed E-state index contributed by atoms with van der Waals surface area (Å²) in [6, 6.07) is 14.8. The van der Waals surface area contributed by atoms with Gasteiger partial charge in [0.25, 0.3) is 0 Å². The molecule has 1 saturated heterocycles. The molecule has 182 valence electrons. The molecule has 9 nitrogen and oxygen atoms in total. The highest BCUT2D eigenvalue weighted by molar-refractivity contribution is 5.85. The lowest BCUT2D eigenvalue weighted by Gasteiger charge is -2.33. The van der Waals surface area contributed by atoms with E-state index in [1.807, 2.05) is 59.3 Å². The number of piperidine rings is 1. The molecule has 1 amide bonds. The van der Waals surface area contributed by atoms with Crippen molar-refractivity contribution < 1.29 is 24.2 Å². The number of rotatable bonds is 8. The third-order valence-corrected chi connectivity index (χ3v) is 6.51. The number of ether oxygens (including phenoxy) is 2. The minimum atomic E-state index is -1.06. The molecule has 2 aliphatic rings. The summed E-state index contributed by atoms with van der Waals surface area (Å²) in [6.45, 7) is 2.30. The Morgan fingerprint density at radius 3 is 2.63 bits per heavy atom. The van der Waals surface area contributed by atoms with Gasteiger partial charge in [0.2, 0.25) is 12.7 Å². The van der Waals surface area contributed by atoms with Crippen molar-refractivity contribution in [1.29, 1.82) is 0 Å². The molecule has 2 N–H and O–H groups in total. The van der Waals surface area contributed by atoms with Gasteiger partial charge in [-0.25, -0.2) is 9.78 Å². The molecule has 3 heterocycles. The Balaban J connectivity index is 1.14. The number of fused-ring (bicyclic) bond motifs is 1. The van der Waals surface area contributed by atoms with E-state index in [0.717, 1.165) is 22.7 Å². The zero-order valence-corrected chi connectivity index (χ0v) is 19.3. The molecular weight excluding hydrogens is 448 g/mol. The van der Waals surface area contributed by atoms with E-state index in [1.165, 1.54) is 0 Å². The molecule has 1 unspecified atom stereocenters. The minimum Gasteiger partial charge on any atom is -0.480 e. The van der Waals surface area contributed by atoms with Gasteiger partial charge in [-0.15, -0.1) is 0 Å². The molecule has 1 fully saturated rings. The first-order valence-corrected chi connectivity index (χ1v) is 11.8. The summed E-state index contributed by atoms with van der Waals surface area (Å²) in [6.07, 6.45) is 4.96. The minimum absolute atomic E-state index is 0.138. The largest absolute Gasteiger partial charge is 0.480 e. The van der Waals surface area contributed by atoms with Gasteiger partial charge in [-0.2, -0.15) is 0 Å². The van der Waals surface area contributed by atoms with E-state index in [1.54, 1.807) is 6.33 Å². The second-order valence-corrected chi connectivity index (χ2v) is 8.93. The zero-order valence-electron chi connectivity index (χ0n) is 19.3. The topological polar surface area (TPSA) is 106 Å². The number of aliphatic carboxylic acids is 1. The first-order chi connectivity index (χ1) is 17.0. The van der Waals surface area contributed by atoms with E-state index in [-0.39, 0.29) is 25.0 Å². The Hall–Kier alpha value is -4.01. The molecule has 2 aromatic carbocycles. The van der Waals surface area contributed by atoms with Crippen LogP contribution in [0, 0.1) is 5.92 Å². The van der Waals surface area contributed by atoms with Gasteiger partial charge < -0.3 is 29.4 Å². The summed E-state index contributed by atoms with van der Waals surface area (Å²) in [7, 11) is 0. The maximum atomic E-state index is 12.9. The lowest BCUT2D eigenvalue weighted by atomic mass is 9.95. The molecule has 2 aliphatic heterocycles. The van der Waals surface area contributed by atoms with Crippen LogP contribution in [-0.2, 0) is 22.6 Å². The number of hydrogen-bond acceptors (Lipinski definition) is 6. The second-order valence-electron chi connectivity index (χ2n) is 8.93. The highest BCUT2D eigenvalue weighted by Crippen LogP contribution is 2.36. The maximum Gasteiger partial charge on any atom is 0.326 e. The van der Waals surface area contributed by atoms with Crippen molar-refractivity contribution in [3.63, 3.8) is 0 Å². The number of aromatic nitrogens is 2. The molecule has 9 heteroatoms. The summed E-state index contributed by atoms with van der Waals surface area (Å²) in [4.78, 5) is 31.3. The fourth-order valence-corrected chi connectivity index (χ4v) is 4.57. The third-order valence-electron chi connectivity index (χ3n) is 6.51. The number of nitrogens with zero attached hydrogens (tertiary/aromatic N) is 3. The van der Waals surface area contributed by atoms with Gasteiger partial charge in [0, 0.05) is 49.9 Å². The molecule has 0 aliphatic carbocycles. The first kappa shape index (κ1) is 22.8. The van der Waals surface area contributed by atoms with E-state index < -0.39 is 12.0 Å². The van der Waals surface area contributed by atoms with E-state index in [0.29, 0.717) is 38.2 Å². The maximum absolute atomic E-state index is 12.9. The van der Waals surface area contributed by atoms with E-state index in [2.05, 4.69) is 15.2 Å². The molecule has 0 saturated carbocycles. The van der Waals surface area contributed by atoms with Crippen molar-refractivity contribution in [3.8, 4) is 11.5 Å². The number of carbonyl (C=O) groups is 2. The average molecular weight is 477 g/mol. The number of imidazole rings is 1. The van der Waals surface area contributed by atoms with Crippen LogP contribution >= 0.6 is 0 Å². The van der Waals surface area contributed by atoms with Crippen LogP contribution in [0.3, 0.4) is 0 Å². The number of carboxylic acid groups (broad SMARTS) is 1. The van der Waals surface area contributed by atoms with Crippen LogP contribution in [0.15, 0.2) is 61.1 Å². The van der Waals surface area contributed by atoms with Gasteiger partial charge >= 0.3 is 5.97 Å². The molecule has 0 bridgehead atoms. The summed E-state index contributed by atoms with van der Waals surface area (Å²) in [5.74, 6) is -0.0246. The normalized spacial score (nSPS) is 16.2. The van der Waals surface area contributed by atoms with Crippen LogP contribution in [0.2, 0.25) is 0 Å². The van der Waals surface area contributed by atoms with Crippen LogP contribution in [0.25, 0.3) is 0 Å². The van der Waals surface area contributed by atoms with Crippen LogP contribution < -0.4 is 19.7 Å². The van der Waals surface area contributed by atoms with Gasteiger partial charge in [0.15, 0.2) is 11.5 Å². The molecule has 0 radical (unpaired) electrons. The molecule has 35 heavy (non-hydrogen) atoms. The zero-order chi connectivity index (χ0) is 24.2. The van der Waals surface area contributed by atoms with Gasteiger partial charge in [-0.1, -0.05) is 30.3 Å². The summed E-state index contributed by atoms with van der Waals surface area (Å²) >= 11 is 0. The molecule has 1 aromatic heterocycles. The highest BCUT2D eigenvalue weighted by Gasteiger charge is 2.29. The molecule has 0 spiro atoms. The quantitative estimate of drug-likeness (QED) is 0.515. The summed E-state index contributed by atoms with van der Waals surface area (Å²) < 4.78 is 12.7. The van der Waals surface area contributed by atoms with Crippen LogP contribution in [0.4, 0.5) is 5.69 Å². The number of anilines is 1. The Morgan fingerprint density at radius 1 is 1.09 bits per heavy atom. The molecular formula is C26H28N4O5. The van der Waals surface area contributed by atoms with Crippen molar-refractivity contribution in [1.82, 2.24) is 14.9 Å². The van der Waals surface area contributed by atoms with E-state index in [4.69, 9.17) is 9.47 Å². The average Bonchev–Trinajstić information content (AvgIpc) is 3.53. The number of hydrogen-bond donors (Lipinski definition) is 2. The van der Waals surface area contributed by atoms with Crippen molar-refractivity contribution in [2.75, 3.05) is 24.8 Å². The van der Waals surface area contributed by atoms with Gasteiger partial charge in [0.05, 0.1) is 12.0 Å². The second kappa shape index (κ2) is 10.1. The number of amides is 1. The Labute approximate surface area is 203 Å². The third kappa shape index (κ3) is 5.40. The van der Waals surface area contributed by atoms with Gasteiger partial charge in [0.1, 0.15) is 6.04 Å². The fourth-order valence-electron chi connectivity index (χ4n) is 4.57. The van der Waals surface area contributed by atoms with E-state index >= 15 is 0 Å². The Bertz CT molecular complexity index is 1190. The fraction of sp³-hybridized carbons (Fsp3) is 0.346. The van der Waals surface area contributed by atoms with Crippen molar-refractivity contribution in [3.05, 3.63) is 72.3 Å². The van der Waals surface area contributed by atoms with Gasteiger partial charge in [-0.3, -0.25) is 4.79 Å². The van der Waals surface area contributed by atoms with Crippen LogP contribution in [-0.4, -0.2) is 52.5 Å². The van der Waals surface area contributed by atoms with Crippen molar-refractivity contribution in [2.24, 2.45) is 5.92 Å². The van der Waals surface area contributed by atoms with E-state index in [9.17, 15) is 14.7 Å². The molecule has 5 rings (SSSR count). The van der Waals surface area contributed by atoms with Crippen molar-refractivity contribution in [2.45, 2.75) is 31.8 Å². The number of nitrogens with one attached hydrogen (secondary N) is 1. The number of carbonyl (C=O) groups excluding carboxylic acids is 1. The number of benzene rings is 2. The van der Waals surface area contributed by atoms with Gasteiger partial charge in [-0.05, 0) is 30.5 Å². The Morgan fingerprint density at radius 2 is 1.86 bits per heavy atom. The summed E-state index contributed by atoms with van der Waals surface area (Å²) in [5, 5.41) is 12.5. The van der Waals surface area contributed by atoms with Crippen LogP contribution in [0.1, 0.15) is 24.1 Å². The molecule has 3 aromatic rings.